The van der Waals surface area contributed by atoms with E-state index in [1.54, 1.807) is 39.4 Å². The molecule has 0 fully saturated rings. The highest BCUT2D eigenvalue weighted by atomic mass is 127. The van der Waals surface area contributed by atoms with Crippen LogP contribution in [0, 0.1) is 13.7 Å². The Morgan fingerprint density at radius 3 is 2.24 bits per heavy atom. The Labute approximate surface area is 228 Å². The van der Waals surface area contributed by atoms with Crippen LogP contribution in [0.25, 0.3) is 0 Å². The number of ether oxygens (including phenoxy) is 4. The topological polar surface area (TPSA) is 100 Å². The first kappa shape index (κ1) is 26.5. The van der Waals surface area contributed by atoms with Gasteiger partial charge in [-0.05, 0) is 75.5 Å². The molecule has 0 N–H and O–H groups in total. The van der Waals surface area contributed by atoms with Gasteiger partial charge in [0, 0.05) is 22.2 Å². The van der Waals surface area contributed by atoms with Gasteiger partial charge in [0.25, 0.3) is 5.69 Å². The molecule has 0 bridgehead atoms. The Kier molecular flexibility index (Phi) is 8.06. The minimum absolute atomic E-state index is 0.0352. The lowest BCUT2D eigenvalue weighted by Gasteiger charge is -2.38. The number of hydrogen-bond donors (Lipinski definition) is 0. The predicted octanol–water partition coefficient (Wildman–Crippen LogP) is 4.95. The Bertz CT molecular complexity index is 1340. The van der Waals surface area contributed by atoms with Gasteiger partial charge in [-0.3, -0.25) is 14.9 Å². The van der Waals surface area contributed by atoms with E-state index in [9.17, 15) is 14.9 Å². The first-order valence-corrected chi connectivity index (χ1v) is 12.6. The molecular formula is C27H27IN2O7. The van der Waals surface area contributed by atoms with E-state index in [0.29, 0.717) is 41.5 Å². The highest BCUT2D eigenvalue weighted by Gasteiger charge is 2.34. The molecule has 4 rings (SSSR count). The summed E-state index contributed by atoms with van der Waals surface area (Å²) >= 11 is 2.18. The molecule has 1 atom stereocenters. The standard InChI is InChI=1S/C27H27IN2O7/c1-34-22-11-16-8-9-29(26(31)13-18-12-23(35-2)25(37-4)15-21(18)28)27(20(16)14-24(22)36-3)17-6-5-7-19(10-17)30(32)33/h5-7,10-12,14-15,27H,8-9,13H2,1-4H3/t27-/m0/s1. The zero-order valence-electron chi connectivity index (χ0n) is 20.9. The Morgan fingerprint density at radius 1 is 0.973 bits per heavy atom. The van der Waals surface area contributed by atoms with E-state index >= 15 is 0 Å². The lowest BCUT2D eigenvalue weighted by Crippen LogP contribution is -2.41. The highest BCUT2D eigenvalue weighted by Crippen LogP contribution is 2.42. The number of nitro benzene ring substituents is 1. The fourth-order valence-corrected chi connectivity index (χ4v) is 5.31. The summed E-state index contributed by atoms with van der Waals surface area (Å²) in [6.07, 6.45) is 0.739. The fourth-order valence-electron chi connectivity index (χ4n) is 4.68. The number of carbonyl (C=O) groups is 1. The number of methoxy groups -OCH3 is 4. The van der Waals surface area contributed by atoms with Gasteiger partial charge >= 0.3 is 0 Å². The van der Waals surface area contributed by atoms with Crippen molar-refractivity contribution in [2.45, 2.75) is 18.9 Å². The second kappa shape index (κ2) is 11.2. The van der Waals surface area contributed by atoms with Crippen LogP contribution in [0.1, 0.15) is 28.3 Å². The van der Waals surface area contributed by atoms with Crippen molar-refractivity contribution in [1.82, 2.24) is 4.90 Å². The molecule has 1 aliphatic heterocycles. The molecule has 0 saturated heterocycles. The van der Waals surface area contributed by atoms with Crippen LogP contribution in [0.15, 0.2) is 48.5 Å². The van der Waals surface area contributed by atoms with Crippen molar-refractivity contribution in [3.8, 4) is 23.0 Å². The van der Waals surface area contributed by atoms with Gasteiger partial charge in [0.2, 0.25) is 5.91 Å². The molecule has 194 valence electrons. The Balaban J connectivity index is 1.79. The number of nitro groups is 1. The number of hydrogen-bond acceptors (Lipinski definition) is 7. The second-order valence-corrected chi connectivity index (χ2v) is 9.64. The molecule has 37 heavy (non-hydrogen) atoms. The molecule has 9 nitrogen and oxygen atoms in total. The Hall–Kier alpha value is -3.54. The maximum absolute atomic E-state index is 13.8. The third-order valence-electron chi connectivity index (χ3n) is 6.49. The maximum Gasteiger partial charge on any atom is 0.269 e. The number of amides is 1. The van der Waals surface area contributed by atoms with Gasteiger partial charge in [-0.25, -0.2) is 0 Å². The quantitative estimate of drug-likeness (QED) is 0.200. The number of nitrogens with zero attached hydrogens (tertiary/aromatic N) is 2. The van der Waals surface area contributed by atoms with Crippen LogP contribution < -0.4 is 18.9 Å². The van der Waals surface area contributed by atoms with E-state index in [0.717, 1.165) is 20.3 Å². The highest BCUT2D eigenvalue weighted by molar-refractivity contribution is 14.1. The Morgan fingerprint density at radius 2 is 1.59 bits per heavy atom. The van der Waals surface area contributed by atoms with Gasteiger partial charge in [-0.2, -0.15) is 0 Å². The summed E-state index contributed by atoms with van der Waals surface area (Å²) in [5.74, 6) is 2.15. The summed E-state index contributed by atoms with van der Waals surface area (Å²) in [5.41, 5.74) is 3.27. The number of halogens is 1. The predicted molar refractivity (Wildman–Crippen MR) is 146 cm³/mol. The van der Waals surface area contributed by atoms with Crippen molar-refractivity contribution in [3.05, 3.63) is 84.5 Å². The van der Waals surface area contributed by atoms with Crippen LogP contribution in [-0.2, 0) is 17.6 Å². The van der Waals surface area contributed by atoms with Gasteiger partial charge < -0.3 is 23.8 Å². The molecule has 0 radical (unpaired) electrons. The van der Waals surface area contributed by atoms with Crippen molar-refractivity contribution in [1.29, 1.82) is 0 Å². The smallest absolute Gasteiger partial charge is 0.269 e. The third-order valence-corrected chi connectivity index (χ3v) is 7.49. The minimum atomic E-state index is -0.534. The van der Waals surface area contributed by atoms with Crippen molar-refractivity contribution >= 4 is 34.2 Å². The van der Waals surface area contributed by atoms with Crippen LogP contribution in [0.4, 0.5) is 5.69 Å². The monoisotopic (exact) mass is 618 g/mol. The van der Waals surface area contributed by atoms with Gasteiger partial charge in [0.05, 0.1) is 45.8 Å². The third kappa shape index (κ3) is 5.29. The van der Waals surface area contributed by atoms with Crippen molar-refractivity contribution in [2.24, 2.45) is 0 Å². The van der Waals surface area contributed by atoms with Crippen LogP contribution in [0.3, 0.4) is 0 Å². The van der Waals surface area contributed by atoms with Gasteiger partial charge in [-0.15, -0.1) is 0 Å². The van der Waals surface area contributed by atoms with E-state index in [1.165, 1.54) is 12.1 Å². The summed E-state index contributed by atoms with van der Waals surface area (Å²) in [6, 6.07) is 13.3. The van der Waals surface area contributed by atoms with Crippen LogP contribution in [0.2, 0.25) is 0 Å². The summed E-state index contributed by atoms with van der Waals surface area (Å²) in [6.45, 7) is 0.443. The molecule has 3 aromatic rings. The van der Waals surface area contributed by atoms with Crippen molar-refractivity contribution in [3.63, 3.8) is 0 Å². The summed E-state index contributed by atoms with van der Waals surface area (Å²) < 4.78 is 22.7. The molecule has 1 heterocycles. The minimum Gasteiger partial charge on any atom is -0.493 e. The zero-order chi connectivity index (χ0) is 26.7. The first-order chi connectivity index (χ1) is 17.8. The molecule has 0 saturated carbocycles. The number of carbonyl (C=O) groups excluding carboxylic acids is 1. The molecule has 0 aromatic heterocycles. The molecule has 1 amide bonds. The van der Waals surface area contributed by atoms with E-state index in [4.69, 9.17) is 18.9 Å². The van der Waals surface area contributed by atoms with Crippen molar-refractivity contribution in [2.75, 3.05) is 35.0 Å². The summed E-state index contributed by atoms with van der Waals surface area (Å²) in [4.78, 5) is 26.7. The molecule has 10 heteroatoms. The van der Waals surface area contributed by atoms with Crippen LogP contribution >= 0.6 is 22.6 Å². The summed E-state index contributed by atoms with van der Waals surface area (Å²) in [5, 5.41) is 11.5. The lowest BCUT2D eigenvalue weighted by molar-refractivity contribution is -0.384. The van der Waals surface area contributed by atoms with E-state index < -0.39 is 11.0 Å². The molecule has 3 aromatic carbocycles. The number of fused-ring (bicyclic) bond motifs is 1. The molecular weight excluding hydrogens is 591 g/mol. The van der Waals surface area contributed by atoms with Crippen molar-refractivity contribution < 1.29 is 28.7 Å². The number of rotatable bonds is 8. The largest absolute Gasteiger partial charge is 0.493 e. The second-order valence-electron chi connectivity index (χ2n) is 8.47. The van der Waals surface area contributed by atoms with Gasteiger partial charge in [0.1, 0.15) is 0 Å². The van der Waals surface area contributed by atoms with Gasteiger partial charge in [-0.1, -0.05) is 12.1 Å². The maximum atomic E-state index is 13.8. The van der Waals surface area contributed by atoms with Gasteiger partial charge in [0.15, 0.2) is 23.0 Å². The zero-order valence-corrected chi connectivity index (χ0v) is 23.1. The van der Waals surface area contributed by atoms with Crippen LogP contribution in [0.5, 0.6) is 23.0 Å². The normalized spacial score (nSPS) is 14.5. The average molecular weight is 618 g/mol. The van der Waals surface area contributed by atoms with E-state index in [-0.39, 0.29) is 18.0 Å². The number of benzene rings is 3. The molecule has 0 aliphatic carbocycles. The molecule has 0 spiro atoms. The lowest BCUT2D eigenvalue weighted by atomic mass is 9.87. The SMILES string of the molecule is COc1cc(I)c(CC(=O)N2CCc3cc(OC)c(OC)cc3[C@@H]2c2cccc([N+](=O)[O-])c2)cc1OC. The van der Waals surface area contributed by atoms with E-state index in [2.05, 4.69) is 22.6 Å². The first-order valence-electron chi connectivity index (χ1n) is 11.5. The van der Waals surface area contributed by atoms with Crippen LogP contribution in [-0.4, -0.2) is 50.7 Å². The fraction of sp³-hybridized carbons (Fsp3) is 0.296. The number of non-ortho nitro benzene ring substituents is 1. The molecule has 1 aliphatic rings. The van der Waals surface area contributed by atoms with E-state index in [1.807, 2.05) is 30.3 Å². The summed E-state index contributed by atoms with van der Waals surface area (Å²) in [7, 11) is 6.25. The molecule has 0 unspecified atom stereocenters. The average Bonchev–Trinajstić information content (AvgIpc) is 2.92.